The number of nitrogens with zero attached hydrogens (tertiary/aromatic N) is 2. The highest BCUT2D eigenvalue weighted by Crippen LogP contribution is 2.41. The van der Waals surface area contributed by atoms with Crippen LogP contribution in [0, 0.1) is 12.8 Å². The molecule has 5 nitrogen and oxygen atoms in total. The molecule has 1 saturated heterocycles. The van der Waals surface area contributed by atoms with Crippen LogP contribution in [-0.2, 0) is 11.2 Å². The smallest absolute Gasteiger partial charge is 0.185 e. The molecular formula is C24H30N2O3. The van der Waals surface area contributed by atoms with Gasteiger partial charge in [-0.2, -0.15) is 0 Å². The fraction of sp³-hybridized carbons (Fsp3) is 0.500. The molecule has 2 aromatic rings. The zero-order valence-corrected chi connectivity index (χ0v) is 18.0. The first-order chi connectivity index (χ1) is 13.8. The summed E-state index contributed by atoms with van der Waals surface area (Å²) in [6, 6.07) is 6.22. The number of aryl methyl sites for hydroxylation is 1. The number of aromatic nitrogens is 1. The van der Waals surface area contributed by atoms with E-state index in [-0.39, 0.29) is 23.4 Å². The molecule has 1 aromatic heterocycles. The van der Waals surface area contributed by atoms with Crippen molar-refractivity contribution in [1.82, 2.24) is 4.57 Å². The molecule has 1 fully saturated rings. The third-order valence-electron chi connectivity index (χ3n) is 6.52. The molecular weight excluding hydrogens is 364 g/mol. The number of anilines is 1. The third kappa shape index (κ3) is 3.42. The molecule has 3 heterocycles. The van der Waals surface area contributed by atoms with E-state index < -0.39 is 0 Å². The molecule has 4 rings (SSSR count). The van der Waals surface area contributed by atoms with E-state index in [0.717, 1.165) is 54.0 Å². The molecule has 0 spiro atoms. The maximum atomic E-state index is 12.5. The normalized spacial score (nSPS) is 20.7. The summed E-state index contributed by atoms with van der Waals surface area (Å²) in [5, 5.41) is 0. The van der Waals surface area contributed by atoms with E-state index in [1.807, 2.05) is 19.2 Å². The molecule has 1 unspecified atom stereocenters. The molecule has 2 aliphatic rings. The lowest BCUT2D eigenvalue weighted by Crippen LogP contribution is -2.28. The highest BCUT2D eigenvalue weighted by molar-refractivity contribution is 6.01. The summed E-state index contributed by atoms with van der Waals surface area (Å²) in [4.78, 5) is 27.2. The first kappa shape index (κ1) is 19.9. The number of hydrogen-bond donors (Lipinski definition) is 0. The largest absolute Gasteiger partial charge is 0.380 e. The average Bonchev–Trinajstić information content (AvgIpc) is 3.16. The standard InChI is InChI=1S/C24H30N2O3/c1-14(2)21-8-17-9-22(25-7-6-18(13-25)29-5)19(16(4)27)10-20(17)23-11-24(28)15(3)12-26(21)23/h9-12,14,18,21H,6-8,13H2,1-5H3/t18-,21?/m1/s1. The molecule has 0 amide bonds. The van der Waals surface area contributed by atoms with Gasteiger partial charge >= 0.3 is 0 Å². The molecule has 0 saturated carbocycles. The van der Waals surface area contributed by atoms with Crippen molar-refractivity contribution in [2.24, 2.45) is 5.92 Å². The molecule has 29 heavy (non-hydrogen) atoms. The van der Waals surface area contributed by atoms with Crippen molar-refractivity contribution in [2.75, 3.05) is 25.1 Å². The zero-order chi connectivity index (χ0) is 20.9. The van der Waals surface area contributed by atoms with E-state index in [1.54, 1.807) is 20.1 Å². The number of ether oxygens (including phenoxy) is 1. The minimum atomic E-state index is 0.0440. The Morgan fingerprint density at radius 3 is 2.62 bits per heavy atom. The second-order valence-electron chi connectivity index (χ2n) is 8.80. The lowest BCUT2D eigenvalue weighted by molar-refractivity contribution is 0.101. The molecule has 2 atom stereocenters. The Kier molecular flexibility index (Phi) is 5.11. The topological polar surface area (TPSA) is 51.5 Å². The number of carbonyl (C=O) groups excluding carboxylic acids is 1. The Balaban J connectivity index is 1.90. The highest BCUT2D eigenvalue weighted by Gasteiger charge is 2.31. The molecule has 0 N–H and O–H groups in total. The van der Waals surface area contributed by atoms with Gasteiger partial charge in [0.1, 0.15) is 0 Å². The Labute approximate surface area is 172 Å². The summed E-state index contributed by atoms with van der Waals surface area (Å²) >= 11 is 0. The third-order valence-corrected chi connectivity index (χ3v) is 6.52. The molecule has 5 heteroatoms. The number of pyridine rings is 1. The van der Waals surface area contributed by atoms with E-state index >= 15 is 0 Å². The van der Waals surface area contributed by atoms with E-state index in [0.29, 0.717) is 5.92 Å². The van der Waals surface area contributed by atoms with E-state index in [4.69, 9.17) is 4.74 Å². The summed E-state index contributed by atoms with van der Waals surface area (Å²) < 4.78 is 7.77. The van der Waals surface area contributed by atoms with Crippen LogP contribution < -0.4 is 10.3 Å². The lowest BCUT2D eigenvalue weighted by atomic mass is 9.85. The fourth-order valence-corrected chi connectivity index (χ4v) is 4.75. The summed E-state index contributed by atoms with van der Waals surface area (Å²) in [6.07, 6.45) is 4.05. The number of fused-ring (bicyclic) bond motifs is 3. The van der Waals surface area contributed by atoms with Gasteiger partial charge in [-0.15, -0.1) is 0 Å². The second-order valence-corrected chi connectivity index (χ2v) is 8.80. The first-order valence-corrected chi connectivity index (χ1v) is 10.5. The maximum Gasteiger partial charge on any atom is 0.185 e. The van der Waals surface area contributed by atoms with Crippen LogP contribution in [-0.4, -0.2) is 36.7 Å². The number of hydrogen-bond acceptors (Lipinski definition) is 4. The van der Waals surface area contributed by atoms with Crippen molar-refractivity contribution in [3.63, 3.8) is 0 Å². The minimum absolute atomic E-state index is 0.0440. The number of ketones is 1. The van der Waals surface area contributed by atoms with E-state index in [9.17, 15) is 9.59 Å². The van der Waals surface area contributed by atoms with E-state index in [1.165, 1.54) is 5.56 Å². The minimum Gasteiger partial charge on any atom is -0.380 e. The van der Waals surface area contributed by atoms with Crippen LogP contribution in [0.3, 0.4) is 0 Å². The van der Waals surface area contributed by atoms with Crippen molar-refractivity contribution < 1.29 is 9.53 Å². The predicted molar refractivity (Wildman–Crippen MR) is 116 cm³/mol. The zero-order valence-electron chi connectivity index (χ0n) is 18.0. The number of Topliss-reactive ketones (excluding diaryl/α,β-unsaturated/α-hetero) is 1. The monoisotopic (exact) mass is 394 g/mol. The van der Waals surface area contributed by atoms with Gasteiger partial charge in [0.05, 0.1) is 11.8 Å². The van der Waals surface area contributed by atoms with Gasteiger partial charge < -0.3 is 14.2 Å². The molecule has 0 radical (unpaired) electrons. The second kappa shape index (κ2) is 7.45. The highest BCUT2D eigenvalue weighted by atomic mass is 16.5. The Morgan fingerprint density at radius 1 is 1.24 bits per heavy atom. The van der Waals surface area contributed by atoms with Gasteiger partial charge in [-0.25, -0.2) is 0 Å². The fourth-order valence-electron chi connectivity index (χ4n) is 4.75. The van der Waals surface area contributed by atoms with Gasteiger partial charge in [-0.1, -0.05) is 13.8 Å². The number of benzene rings is 1. The summed E-state index contributed by atoms with van der Waals surface area (Å²) in [7, 11) is 1.75. The average molecular weight is 395 g/mol. The number of rotatable bonds is 4. The van der Waals surface area contributed by atoms with Crippen molar-refractivity contribution in [3.05, 3.63) is 51.3 Å². The van der Waals surface area contributed by atoms with Crippen molar-refractivity contribution in [1.29, 1.82) is 0 Å². The van der Waals surface area contributed by atoms with Crippen LogP contribution >= 0.6 is 0 Å². The molecule has 0 bridgehead atoms. The maximum absolute atomic E-state index is 12.5. The van der Waals surface area contributed by atoms with Gasteiger partial charge in [0.15, 0.2) is 11.2 Å². The molecule has 2 aliphatic heterocycles. The van der Waals surface area contributed by atoms with Crippen molar-refractivity contribution in [2.45, 2.75) is 52.7 Å². The first-order valence-electron chi connectivity index (χ1n) is 10.5. The molecule has 0 aliphatic carbocycles. The summed E-state index contributed by atoms with van der Waals surface area (Å²) in [6.45, 7) is 9.63. The van der Waals surface area contributed by atoms with Crippen LogP contribution in [0.1, 0.15) is 54.7 Å². The Morgan fingerprint density at radius 2 is 2.00 bits per heavy atom. The molecule has 1 aromatic carbocycles. The van der Waals surface area contributed by atoms with Crippen molar-refractivity contribution in [3.8, 4) is 11.3 Å². The van der Waals surface area contributed by atoms with Crippen LogP contribution in [0.15, 0.2) is 29.2 Å². The van der Waals surface area contributed by atoms with Crippen LogP contribution in [0.4, 0.5) is 5.69 Å². The van der Waals surface area contributed by atoms with Crippen molar-refractivity contribution >= 4 is 11.5 Å². The van der Waals surface area contributed by atoms with Crippen LogP contribution in [0.2, 0.25) is 0 Å². The summed E-state index contributed by atoms with van der Waals surface area (Å²) in [5.74, 6) is 0.486. The van der Waals surface area contributed by atoms with Gasteiger partial charge in [-0.3, -0.25) is 9.59 Å². The Hall–Kier alpha value is -2.40. The SMILES string of the molecule is CO[C@@H]1CCN(c2cc3c(cc2C(C)=O)-c2cc(=O)c(C)cn2C(C(C)C)C3)C1. The van der Waals surface area contributed by atoms with E-state index in [2.05, 4.69) is 29.4 Å². The number of carbonyl (C=O) groups is 1. The quantitative estimate of drug-likeness (QED) is 0.736. The van der Waals surface area contributed by atoms with Crippen LogP contribution in [0.5, 0.6) is 0 Å². The molecule has 154 valence electrons. The van der Waals surface area contributed by atoms with Gasteiger partial charge in [0.2, 0.25) is 0 Å². The van der Waals surface area contributed by atoms with Gasteiger partial charge in [-0.05, 0) is 50.3 Å². The Bertz CT molecular complexity index is 1020. The number of methoxy groups -OCH3 is 1. The lowest BCUT2D eigenvalue weighted by Gasteiger charge is -2.34. The predicted octanol–water partition coefficient (Wildman–Crippen LogP) is 4.00. The van der Waals surface area contributed by atoms with Crippen LogP contribution in [0.25, 0.3) is 11.3 Å². The van der Waals surface area contributed by atoms with Gasteiger partial charge in [0.25, 0.3) is 0 Å². The van der Waals surface area contributed by atoms with Gasteiger partial charge in [0, 0.05) is 60.9 Å². The summed E-state index contributed by atoms with van der Waals surface area (Å²) in [5.41, 5.74) is 5.68.